The number of ether oxygens (including phenoxy) is 1. The molecule has 8 nitrogen and oxygen atoms in total. The quantitative estimate of drug-likeness (QED) is 0.601. The molecule has 0 atom stereocenters. The highest BCUT2D eigenvalue weighted by Gasteiger charge is 2.36. The molecule has 1 fully saturated rings. The topological polar surface area (TPSA) is 99.3 Å². The number of carbonyl (C=O) groups excluding carboxylic acids is 1. The van der Waals surface area contributed by atoms with E-state index in [1.54, 1.807) is 6.92 Å². The number of nitrogens with zero attached hydrogens (tertiary/aromatic N) is 3. The molecule has 1 aromatic heterocycles. The van der Waals surface area contributed by atoms with Crippen LogP contribution in [-0.2, 0) is 21.5 Å². The Labute approximate surface area is 161 Å². The molecule has 27 heavy (non-hydrogen) atoms. The van der Waals surface area contributed by atoms with E-state index >= 15 is 0 Å². The zero-order valence-electron chi connectivity index (χ0n) is 15.0. The summed E-state index contributed by atoms with van der Waals surface area (Å²) in [5, 5.41) is 14.5. The second-order valence-electron chi connectivity index (χ2n) is 6.68. The third-order valence-electron chi connectivity index (χ3n) is 4.98. The van der Waals surface area contributed by atoms with E-state index in [4.69, 9.17) is 16.3 Å². The number of halogens is 1. The largest absolute Gasteiger partial charge is 0.381 e. The summed E-state index contributed by atoms with van der Waals surface area (Å²) in [5.41, 5.74) is 0.715. The summed E-state index contributed by atoms with van der Waals surface area (Å²) < 4.78 is 6.97. The average molecular weight is 393 g/mol. The van der Waals surface area contributed by atoms with Gasteiger partial charge < -0.3 is 20.2 Å². The minimum absolute atomic E-state index is 0.0260. The zero-order valence-corrected chi connectivity index (χ0v) is 15.7. The smallest absolute Gasteiger partial charge is 0.381 e. The number of hydrogen-bond donors (Lipinski definition) is 1. The van der Waals surface area contributed by atoms with Gasteiger partial charge in [-0.2, -0.15) is 0 Å². The lowest BCUT2D eigenvalue weighted by Gasteiger charge is -2.38. The summed E-state index contributed by atoms with van der Waals surface area (Å²) in [6, 6.07) is 7.66. The summed E-state index contributed by atoms with van der Waals surface area (Å²) in [5.74, 6) is -0.0793. The normalized spacial score (nSPS) is 16.1. The Hall–Kier alpha value is -2.45. The summed E-state index contributed by atoms with van der Waals surface area (Å²) in [6.45, 7) is 3.24. The molecular formula is C18H21ClN4O4. The van der Waals surface area contributed by atoms with Crippen molar-refractivity contribution < 1.29 is 14.5 Å². The van der Waals surface area contributed by atoms with Gasteiger partial charge in [-0.05, 0) is 34.4 Å². The number of benzene rings is 1. The van der Waals surface area contributed by atoms with Crippen LogP contribution in [0.2, 0.25) is 5.02 Å². The Balaban J connectivity index is 1.71. The first-order chi connectivity index (χ1) is 12.9. The Morgan fingerprint density at radius 1 is 1.41 bits per heavy atom. The highest BCUT2D eigenvalue weighted by Crippen LogP contribution is 2.38. The van der Waals surface area contributed by atoms with Gasteiger partial charge in [-0.1, -0.05) is 29.8 Å². The van der Waals surface area contributed by atoms with E-state index in [2.05, 4.69) is 10.3 Å². The molecule has 2 heterocycles. The minimum Gasteiger partial charge on any atom is -0.381 e. The van der Waals surface area contributed by atoms with Crippen LogP contribution in [0.3, 0.4) is 0 Å². The first-order valence-corrected chi connectivity index (χ1v) is 9.07. The number of nitro groups is 1. The lowest BCUT2D eigenvalue weighted by Crippen LogP contribution is -2.45. The van der Waals surface area contributed by atoms with E-state index in [9.17, 15) is 14.9 Å². The molecule has 0 spiro atoms. The molecule has 0 saturated carbocycles. The van der Waals surface area contributed by atoms with Gasteiger partial charge in [0, 0.05) is 37.1 Å². The zero-order chi connectivity index (χ0) is 19.4. The van der Waals surface area contributed by atoms with Gasteiger partial charge in [0.15, 0.2) is 0 Å². The van der Waals surface area contributed by atoms with Crippen LogP contribution >= 0.6 is 11.6 Å². The van der Waals surface area contributed by atoms with Crippen molar-refractivity contribution in [3.05, 3.63) is 57.0 Å². The summed E-state index contributed by atoms with van der Waals surface area (Å²) >= 11 is 6.42. The molecule has 144 valence electrons. The molecule has 3 rings (SSSR count). The Morgan fingerprint density at radius 2 is 2.11 bits per heavy atom. The van der Waals surface area contributed by atoms with Gasteiger partial charge in [0.1, 0.15) is 12.7 Å². The molecule has 9 heteroatoms. The second-order valence-corrected chi connectivity index (χ2v) is 7.09. The molecule has 0 radical (unpaired) electrons. The number of amides is 1. The van der Waals surface area contributed by atoms with Gasteiger partial charge in [-0.25, -0.2) is 0 Å². The lowest BCUT2D eigenvalue weighted by atomic mass is 9.74. The number of carbonyl (C=O) groups is 1. The van der Waals surface area contributed by atoms with Crippen LogP contribution in [0.1, 0.15) is 24.2 Å². The third kappa shape index (κ3) is 4.28. The molecule has 1 amide bonds. The number of aryl methyl sites for hydroxylation is 1. The van der Waals surface area contributed by atoms with Crippen molar-refractivity contribution in [3.8, 4) is 0 Å². The monoisotopic (exact) mass is 392 g/mol. The fourth-order valence-corrected chi connectivity index (χ4v) is 3.75. The van der Waals surface area contributed by atoms with E-state index in [1.807, 2.05) is 24.3 Å². The van der Waals surface area contributed by atoms with Crippen LogP contribution in [0.4, 0.5) is 5.82 Å². The van der Waals surface area contributed by atoms with Crippen molar-refractivity contribution in [3.63, 3.8) is 0 Å². The van der Waals surface area contributed by atoms with Crippen molar-refractivity contribution in [1.29, 1.82) is 0 Å². The minimum atomic E-state index is -0.574. The van der Waals surface area contributed by atoms with E-state index in [0.29, 0.717) is 30.6 Å². The fraction of sp³-hybridized carbons (Fsp3) is 0.444. The summed E-state index contributed by atoms with van der Waals surface area (Å²) in [7, 11) is 0. The van der Waals surface area contributed by atoms with Gasteiger partial charge >= 0.3 is 5.82 Å². The molecule has 2 aromatic rings. The summed E-state index contributed by atoms with van der Waals surface area (Å²) in [6.07, 6.45) is 2.78. The maximum atomic E-state index is 12.5. The molecule has 1 N–H and O–H groups in total. The highest BCUT2D eigenvalue weighted by atomic mass is 35.5. The van der Waals surface area contributed by atoms with Crippen LogP contribution in [0, 0.1) is 17.0 Å². The number of nitrogens with one attached hydrogen (secondary N) is 1. The van der Waals surface area contributed by atoms with E-state index < -0.39 is 4.92 Å². The fourth-order valence-electron chi connectivity index (χ4n) is 3.41. The first-order valence-electron chi connectivity index (χ1n) is 8.69. The molecule has 1 aromatic carbocycles. The van der Waals surface area contributed by atoms with E-state index in [1.165, 1.54) is 10.8 Å². The van der Waals surface area contributed by atoms with Crippen molar-refractivity contribution in [2.24, 2.45) is 0 Å². The molecular weight excluding hydrogens is 372 g/mol. The predicted octanol–water partition coefficient (Wildman–Crippen LogP) is 2.62. The van der Waals surface area contributed by atoms with Crippen LogP contribution in [-0.4, -0.2) is 40.1 Å². The molecule has 0 unspecified atom stereocenters. The van der Waals surface area contributed by atoms with Gasteiger partial charge in [0.05, 0.1) is 0 Å². The van der Waals surface area contributed by atoms with Gasteiger partial charge in [0.2, 0.25) is 11.7 Å². The lowest BCUT2D eigenvalue weighted by molar-refractivity contribution is -0.389. The number of imidazole rings is 1. The van der Waals surface area contributed by atoms with E-state index in [0.717, 1.165) is 18.4 Å². The average Bonchev–Trinajstić information content (AvgIpc) is 3.02. The maximum Gasteiger partial charge on any atom is 0.381 e. The number of rotatable bonds is 6. The van der Waals surface area contributed by atoms with Crippen LogP contribution in [0.5, 0.6) is 0 Å². The molecule has 1 saturated heterocycles. The standard InChI is InChI=1S/C18H21ClN4O4/c1-13-21-16(23(25)26)10-22(13)11-17(24)20-12-18(6-8-27-9-7-18)14-4-2-3-5-15(14)19/h2-5,10H,6-9,11-12H2,1H3,(H,20,24). The highest BCUT2D eigenvalue weighted by molar-refractivity contribution is 6.31. The van der Waals surface area contributed by atoms with Gasteiger partial charge in [-0.15, -0.1) is 0 Å². The molecule has 0 bridgehead atoms. The van der Waals surface area contributed by atoms with E-state index in [-0.39, 0.29) is 23.7 Å². The predicted molar refractivity (Wildman–Crippen MR) is 99.8 cm³/mol. The molecule has 1 aliphatic heterocycles. The van der Waals surface area contributed by atoms with Crippen molar-refractivity contribution in [1.82, 2.24) is 14.9 Å². The summed E-state index contributed by atoms with van der Waals surface area (Å²) in [4.78, 5) is 26.5. The van der Waals surface area contributed by atoms with Crippen molar-refractivity contribution >= 4 is 23.3 Å². The molecule has 1 aliphatic rings. The SMILES string of the molecule is Cc1nc([N+](=O)[O-])cn1CC(=O)NCC1(c2ccccc2Cl)CCOCC1. The van der Waals surface area contributed by atoms with Crippen molar-refractivity contribution in [2.75, 3.05) is 19.8 Å². The molecule has 0 aliphatic carbocycles. The number of hydrogen-bond acceptors (Lipinski definition) is 5. The Morgan fingerprint density at radius 3 is 2.74 bits per heavy atom. The van der Waals surface area contributed by atoms with Crippen LogP contribution in [0.25, 0.3) is 0 Å². The third-order valence-corrected chi connectivity index (χ3v) is 5.31. The van der Waals surface area contributed by atoms with Crippen LogP contribution < -0.4 is 5.32 Å². The van der Waals surface area contributed by atoms with Gasteiger partial charge in [-0.3, -0.25) is 9.36 Å². The maximum absolute atomic E-state index is 12.5. The van der Waals surface area contributed by atoms with Crippen LogP contribution in [0.15, 0.2) is 30.5 Å². The Bertz CT molecular complexity index is 846. The Kier molecular flexibility index (Phi) is 5.76. The first kappa shape index (κ1) is 19.3. The number of aromatic nitrogens is 2. The second kappa shape index (κ2) is 8.06. The van der Waals surface area contributed by atoms with Gasteiger partial charge in [0.25, 0.3) is 0 Å². The van der Waals surface area contributed by atoms with Crippen molar-refractivity contribution in [2.45, 2.75) is 31.7 Å².